The van der Waals surface area contributed by atoms with E-state index < -0.39 is 6.10 Å². The monoisotopic (exact) mass is 201 g/mol. The van der Waals surface area contributed by atoms with Crippen molar-refractivity contribution in [2.24, 2.45) is 0 Å². The molecular formula is C10H19NO3. The van der Waals surface area contributed by atoms with E-state index in [1.165, 1.54) is 19.3 Å². The maximum absolute atomic E-state index is 11.0. The number of aliphatic hydroxyl groups is 1. The Bertz CT molecular complexity index is 180. The summed E-state index contributed by atoms with van der Waals surface area (Å²) >= 11 is 0. The van der Waals surface area contributed by atoms with Gasteiger partial charge in [0.25, 0.3) is 0 Å². The normalized spacial score (nSPS) is 18.7. The zero-order valence-corrected chi connectivity index (χ0v) is 8.66. The molecule has 0 radical (unpaired) electrons. The third-order valence-corrected chi connectivity index (χ3v) is 2.45. The van der Waals surface area contributed by atoms with E-state index in [9.17, 15) is 9.90 Å². The van der Waals surface area contributed by atoms with Crippen LogP contribution in [-0.4, -0.2) is 36.4 Å². The highest BCUT2D eigenvalue weighted by molar-refractivity contribution is 5.69. The van der Waals surface area contributed by atoms with Gasteiger partial charge in [0.15, 0.2) is 0 Å². The van der Waals surface area contributed by atoms with Crippen molar-refractivity contribution < 1.29 is 14.6 Å². The molecule has 4 heteroatoms. The molecule has 1 unspecified atom stereocenters. The zero-order chi connectivity index (χ0) is 10.4. The summed E-state index contributed by atoms with van der Waals surface area (Å²) < 4.78 is 4.73. The standard InChI is InChI=1S/C10H19NO3/c1-2-14-10(13)6-9(12)7-11-8-4-3-5-8/h8-9,11-12H,2-7H2,1H3. The number of hydrogen-bond donors (Lipinski definition) is 2. The van der Waals surface area contributed by atoms with Crippen LogP contribution in [0.4, 0.5) is 0 Å². The molecule has 0 bridgehead atoms. The highest BCUT2D eigenvalue weighted by atomic mass is 16.5. The average molecular weight is 201 g/mol. The second-order valence-corrected chi connectivity index (χ2v) is 3.70. The molecule has 0 spiro atoms. The molecule has 1 aliphatic carbocycles. The average Bonchev–Trinajstić information content (AvgIpc) is 2.01. The Hall–Kier alpha value is -0.610. The summed E-state index contributed by atoms with van der Waals surface area (Å²) in [6, 6.07) is 0.548. The molecule has 0 aromatic heterocycles. The van der Waals surface area contributed by atoms with Crippen molar-refractivity contribution in [3.8, 4) is 0 Å². The fraction of sp³-hybridized carbons (Fsp3) is 0.900. The van der Waals surface area contributed by atoms with Crippen LogP contribution in [0.5, 0.6) is 0 Å². The lowest BCUT2D eigenvalue weighted by Crippen LogP contribution is -2.40. The highest BCUT2D eigenvalue weighted by Gasteiger charge is 2.18. The first kappa shape index (κ1) is 11.5. The molecule has 1 atom stereocenters. The number of carbonyl (C=O) groups excluding carboxylic acids is 1. The van der Waals surface area contributed by atoms with Crippen LogP contribution < -0.4 is 5.32 Å². The summed E-state index contributed by atoms with van der Waals surface area (Å²) in [6.07, 6.45) is 3.12. The van der Waals surface area contributed by atoms with Crippen molar-refractivity contribution in [2.45, 2.75) is 44.8 Å². The Kier molecular flexibility index (Phi) is 4.90. The molecule has 0 aromatic rings. The van der Waals surface area contributed by atoms with Crippen molar-refractivity contribution in [3.63, 3.8) is 0 Å². The van der Waals surface area contributed by atoms with Gasteiger partial charge in [-0.05, 0) is 19.8 Å². The quantitative estimate of drug-likeness (QED) is 0.612. The van der Waals surface area contributed by atoms with Crippen molar-refractivity contribution in [3.05, 3.63) is 0 Å². The predicted molar refractivity (Wildman–Crippen MR) is 52.9 cm³/mol. The van der Waals surface area contributed by atoms with Gasteiger partial charge in [-0.3, -0.25) is 4.79 Å². The largest absolute Gasteiger partial charge is 0.466 e. The maximum Gasteiger partial charge on any atom is 0.308 e. The molecule has 0 aliphatic heterocycles. The van der Waals surface area contributed by atoms with Crippen molar-refractivity contribution >= 4 is 5.97 Å². The molecule has 0 heterocycles. The maximum atomic E-state index is 11.0. The lowest BCUT2D eigenvalue weighted by molar-refractivity contribution is -0.145. The first-order chi connectivity index (χ1) is 6.72. The molecule has 82 valence electrons. The fourth-order valence-electron chi connectivity index (χ4n) is 1.40. The summed E-state index contributed by atoms with van der Waals surface area (Å²) in [7, 11) is 0. The molecule has 1 rings (SSSR count). The van der Waals surface area contributed by atoms with Gasteiger partial charge in [-0.15, -0.1) is 0 Å². The van der Waals surface area contributed by atoms with Crippen LogP contribution >= 0.6 is 0 Å². The number of esters is 1. The summed E-state index contributed by atoms with van der Waals surface area (Å²) in [5.74, 6) is -0.324. The second kappa shape index (κ2) is 5.98. The molecule has 0 saturated heterocycles. The van der Waals surface area contributed by atoms with Gasteiger partial charge in [0.2, 0.25) is 0 Å². The Morgan fingerprint density at radius 3 is 2.86 bits per heavy atom. The van der Waals surface area contributed by atoms with E-state index in [-0.39, 0.29) is 12.4 Å². The molecule has 0 aromatic carbocycles. The number of ether oxygens (including phenoxy) is 1. The molecule has 14 heavy (non-hydrogen) atoms. The van der Waals surface area contributed by atoms with Crippen LogP contribution in [0.1, 0.15) is 32.6 Å². The van der Waals surface area contributed by atoms with Gasteiger partial charge in [-0.2, -0.15) is 0 Å². The van der Waals surface area contributed by atoms with Crippen molar-refractivity contribution in [2.75, 3.05) is 13.2 Å². The zero-order valence-electron chi connectivity index (χ0n) is 8.66. The van der Waals surface area contributed by atoms with E-state index in [2.05, 4.69) is 5.32 Å². The third-order valence-electron chi connectivity index (χ3n) is 2.45. The topological polar surface area (TPSA) is 58.6 Å². The van der Waals surface area contributed by atoms with E-state index >= 15 is 0 Å². The van der Waals surface area contributed by atoms with Gasteiger partial charge < -0.3 is 15.2 Å². The van der Waals surface area contributed by atoms with Gasteiger partial charge in [0, 0.05) is 12.6 Å². The number of hydrogen-bond acceptors (Lipinski definition) is 4. The van der Waals surface area contributed by atoms with Gasteiger partial charge in [-0.25, -0.2) is 0 Å². The number of nitrogens with one attached hydrogen (secondary N) is 1. The lowest BCUT2D eigenvalue weighted by atomic mass is 9.93. The van der Waals surface area contributed by atoms with Crippen molar-refractivity contribution in [1.82, 2.24) is 5.32 Å². The highest BCUT2D eigenvalue weighted by Crippen LogP contribution is 2.17. The van der Waals surface area contributed by atoms with Crippen LogP contribution in [0.25, 0.3) is 0 Å². The number of carbonyl (C=O) groups is 1. The molecule has 0 amide bonds. The first-order valence-corrected chi connectivity index (χ1v) is 5.29. The van der Waals surface area contributed by atoms with Gasteiger partial charge >= 0.3 is 5.97 Å². The molecular weight excluding hydrogens is 182 g/mol. The van der Waals surface area contributed by atoms with Crippen LogP contribution in [0.2, 0.25) is 0 Å². The Labute approximate surface area is 84.6 Å². The molecule has 1 fully saturated rings. The van der Waals surface area contributed by atoms with Crippen LogP contribution in [0, 0.1) is 0 Å². The molecule has 1 saturated carbocycles. The Balaban J connectivity index is 2.02. The predicted octanol–water partition coefficient (Wildman–Crippen LogP) is 0.443. The Morgan fingerprint density at radius 2 is 2.36 bits per heavy atom. The van der Waals surface area contributed by atoms with Gasteiger partial charge in [0.1, 0.15) is 0 Å². The summed E-state index contributed by atoms with van der Waals surface area (Å²) in [4.78, 5) is 11.0. The minimum absolute atomic E-state index is 0.0908. The summed E-state index contributed by atoms with van der Waals surface area (Å²) in [5.41, 5.74) is 0. The van der Waals surface area contributed by atoms with Gasteiger partial charge in [-0.1, -0.05) is 6.42 Å². The lowest BCUT2D eigenvalue weighted by Gasteiger charge is -2.27. The SMILES string of the molecule is CCOC(=O)CC(O)CNC1CCC1. The number of rotatable bonds is 6. The van der Waals surface area contributed by atoms with Crippen LogP contribution in [-0.2, 0) is 9.53 Å². The van der Waals surface area contributed by atoms with E-state index in [0.717, 1.165) is 0 Å². The van der Waals surface area contributed by atoms with E-state index in [1.807, 2.05) is 0 Å². The number of aliphatic hydroxyl groups excluding tert-OH is 1. The van der Waals surface area contributed by atoms with E-state index in [0.29, 0.717) is 19.2 Å². The smallest absolute Gasteiger partial charge is 0.308 e. The molecule has 2 N–H and O–H groups in total. The van der Waals surface area contributed by atoms with Crippen LogP contribution in [0.15, 0.2) is 0 Å². The summed E-state index contributed by atoms with van der Waals surface area (Å²) in [5, 5.41) is 12.7. The van der Waals surface area contributed by atoms with Crippen LogP contribution in [0.3, 0.4) is 0 Å². The third kappa shape index (κ3) is 4.07. The summed E-state index contributed by atoms with van der Waals surface area (Å²) in [6.45, 7) is 2.63. The van der Waals surface area contributed by atoms with E-state index in [1.54, 1.807) is 6.92 Å². The van der Waals surface area contributed by atoms with Crippen molar-refractivity contribution in [1.29, 1.82) is 0 Å². The molecule has 1 aliphatic rings. The van der Waals surface area contributed by atoms with Gasteiger partial charge in [0.05, 0.1) is 19.1 Å². The second-order valence-electron chi connectivity index (χ2n) is 3.70. The minimum Gasteiger partial charge on any atom is -0.466 e. The first-order valence-electron chi connectivity index (χ1n) is 5.29. The van der Waals surface area contributed by atoms with E-state index in [4.69, 9.17) is 4.74 Å². The fourth-order valence-corrected chi connectivity index (χ4v) is 1.40. The Morgan fingerprint density at radius 1 is 1.64 bits per heavy atom. The minimum atomic E-state index is -0.616. The molecule has 4 nitrogen and oxygen atoms in total.